The fourth-order valence-corrected chi connectivity index (χ4v) is 1.62. The Morgan fingerprint density at radius 3 is 2.88 bits per heavy atom. The Kier molecular flexibility index (Phi) is 3.59. The highest BCUT2D eigenvalue weighted by molar-refractivity contribution is 5.57. The van der Waals surface area contributed by atoms with Crippen molar-refractivity contribution in [2.24, 2.45) is 0 Å². The summed E-state index contributed by atoms with van der Waals surface area (Å²) in [6, 6.07) is 8.66. The van der Waals surface area contributed by atoms with Gasteiger partial charge < -0.3 is 9.73 Å². The van der Waals surface area contributed by atoms with Gasteiger partial charge in [0.2, 0.25) is 5.89 Å². The number of aryl methyl sites for hydroxylation is 1. The second-order valence-electron chi connectivity index (χ2n) is 4.52. The molecule has 1 heterocycles. The van der Waals surface area contributed by atoms with Gasteiger partial charge in [0.15, 0.2) is 5.76 Å². The molecule has 0 atom stereocenters. The van der Waals surface area contributed by atoms with Crippen molar-refractivity contribution < 1.29 is 4.42 Å². The molecule has 0 aliphatic rings. The normalized spacial score (nSPS) is 11.1. The van der Waals surface area contributed by atoms with Gasteiger partial charge in [0.25, 0.3) is 0 Å². The number of hydrogen-bond donors (Lipinski definition) is 1. The Bertz CT molecular complexity index is 488. The minimum atomic E-state index is 0.435. The maximum absolute atomic E-state index is 5.70. The molecule has 2 aromatic rings. The van der Waals surface area contributed by atoms with E-state index < -0.39 is 0 Å². The molecule has 1 aromatic heterocycles. The van der Waals surface area contributed by atoms with E-state index >= 15 is 0 Å². The molecule has 17 heavy (non-hydrogen) atoms. The topological polar surface area (TPSA) is 38.1 Å². The van der Waals surface area contributed by atoms with Crippen LogP contribution in [0.2, 0.25) is 0 Å². The summed E-state index contributed by atoms with van der Waals surface area (Å²) >= 11 is 0. The minimum Gasteiger partial charge on any atom is -0.439 e. The van der Waals surface area contributed by atoms with Gasteiger partial charge in [0.05, 0.1) is 12.7 Å². The molecule has 2 rings (SSSR count). The lowest BCUT2D eigenvalue weighted by Crippen LogP contribution is -2.21. The predicted octanol–water partition coefficient (Wildman–Crippen LogP) is 3.15. The van der Waals surface area contributed by atoms with Crippen molar-refractivity contribution in [1.29, 1.82) is 0 Å². The third kappa shape index (κ3) is 3.17. The van der Waals surface area contributed by atoms with Crippen LogP contribution in [0.1, 0.15) is 25.3 Å². The lowest BCUT2D eigenvalue weighted by Gasteiger charge is -2.04. The van der Waals surface area contributed by atoms with Crippen molar-refractivity contribution in [1.82, 2.24) is 10.3 Å². The minimum absolute atomic E-state index is 0.435. The smallest absolute Gasteiger partial charge is 0.208 e. The number of nitrogens with one attached hydrogen (secondary N) is 1. The average Bonchev–Trinajstić information content (AvgIpc) is 2.75. The molecule has 0 fully saturated rings. The average molecular weight is 230 g/mol. The van der Waals surface area contributed by atoms with Crippen LogP contribution in [0.3, 0.4) is 0 Å². The molecule has 1 N–H and O–H groups in total. The van der Waals surface area contributed by atoms with Crippen LogP contribution < -0.4 is 5.32 Å². The van der Waals surface area contributed by atoms with E-state index in [0.29, 0.717) is 12.6 Å². The van der Waals surface area contributed by atoms with E-state index in [1.54, 1.807) is 6.20 Å². The lowest BCUT2D eigenvalue weighted by atomic mass is 10.1. The van der Waals surface area contributed by atoms with Crippen LogP contribution in [0, 0.1) is 6.92 Å². The van der Waals surface area contributed by atoms with Crippen LogP contribution in [-0.2, 0) is 6.54 Å². The van der Waals surface area contributed by atoms with Gasteiger partial charge in [0, 0.05) is 11.6 Å². The highest BCUT2D eigenvalue weighted by atomic mass is 16.4. The number of benzene rings is 1. The molecular weight excluding hydrogens is 212 g/mol. The van der Waals surface area contributed by atoms with Crippen LogP contribution in [0.4, 0.5) is 0 Å². The van der Waals surface area contributed by atoms with E-state index in [1.807, 2.05) is 12.1 Å². The summed E-state index contributed by atoms with van der Waals surface area (Å²) in [5.74, 6) is 1.56. The number of aromatic nitrogens is 1. The molecular formula is C14H18N2O. The molecule has 0 saturated heterocycles. The molecule has 0 spiro atoms. The van der Waals surface area contributed by atoms with Crippen LogP contribution in [0.25, 0.3) is 11.3 Å². The SMILES string of the molecule is Cc1cccc(-c2cnc(CNC(C)C)o2)c1. The fourth-order valence-electron chi connectivity index (χ4n) is 1.62. The molecule has 0 aliphatic heterocycles. The summed E-state index contributed by atoms with van der Waals surface area (Å²) < 4.78 is 5.70. The largest absolute Gasteiger partial charge is 0.439 e. The highest BCUT2D eigenvalue weighted by Crippen LogP contribution is 2.21. The van der Waals surface area contributed by atoms with Crippen molar-refractivity contribution in [2.75, 3.05) is 0 Å². The molecule has 90 valence electrons. The third-order valence-electron chi connectivity index (χ3n) is 2.52. The summed E-state index contributed by atoms with van der Waals surface area (Å²) in [7, 11) is 0. The van der Waals surface area contributed by atoms with Crippen LogP contribution in [-0.4, -0.2) is 11.0 Å². The van der Waals surface area contributed by atoms with Gasteiger partial charge in [-0.25, -0.2) is 4.98 Å². The van der Waals surface area contributed by atoms with Crippen LogP contribution in [0.5, 0.6) is 0 Å². The van der Waals surface area contributed by atoms with E-state index in [0.717, 1.165) is 17.2 Å². The number of rotatable bonds is 4. The van der Waals surface area contributed by atoms with Gasteiger partial charge in [0.1, 0.15) is 0 Å². The summed E-state index contributed by atoms with van der Waals surface area (Å²) in [6.45, 7) is 6.94. The van der Waals surface area contributed by atoms with Crippen LogP contribution in [0.15, 0.2) is 34.9 Å². The van der Waals surface area contributed by atoms with E-state index in [1.165, 1.54) is 5.56 Å². The second-order valence-corrected chi connectivity index (χ2v) is 4.52. The summed E-state index contributed by atoms with van der Waals surface area (Å²) in [4.78, 5) is 4.27. The Hall–Kier alpha value is -1.61. The van der Waals surface area contributed by atoms with Gasteiger partial charge in [-0.15, -0.1) is 0 Å². The summed E-state index contributed by atoms with van der Waals surface area (Å²) in [6.07, 6.45) is 1.78. The van der Waals surface area contributed by atoms with Gasteiger partial charge in [-0.1, -0.05) is 37.6 Å². The van der Waals surface area contributed by atoms with Crippen molar-refractivity contribution in [3.8, 4) is 11.3 Å². The second kappa shape index (κ2) is 5.15. The number of hydrogen-bond acceptors (Lipinski definition) is 3. The first kappa shape index (κ1) is 11.9. The monoisotopic (exact) mass is 230 g/mol. The Morgan fingerprint density at radius 1 is 1.35 bits per heavy atom. The first-order valence-corrected chi connectivity index (χ1v) is 5.90. The van der Waals surface area contributed by atoms with Crippen molar-refractivity contribution in [2.45, 2.75) is 33.4 Å². The van der Waals surface area contributed by atoms with E-state index in [4.69, 9.17) is 4.42 Å². The molecule has 0 radical (unpaired) electrons. The summed E-state index contributed by atoms with van der Waals surface area (Å²) in [5, 5.41) is 3.28. The number of oxazole rings is 1. The maximum Gasteiger partial charge on any atom is 0.208 e. The maximum atomic E-state index is 5.70. The summed E-state index contributed by atoms with van der Waals surface area (Å²) in [5.41, 5.74) is 2.30. The van der Waals surface area contributed by atoms with Gasteiger partial charge in [-0.05, 0) is 13.0 Å². The molecule has 0 aliphatic carbocycles. The molecule has 3 heteroatoms. The Balaban J connectivity index is 2.12. The third-order valence-corrected chi connectivity index (χ3v) is 2.52. The lowest BCUT2D eigenvalue weighted by molar-refractivity contribution is 0.459. The molecule has 0 unspecified atom stereocenters. The van der Waals surface area contributed by atoms with Crippen molar-refractivity contribution in [3.05, 3.63) is 41.9 Å². The van der Waals surface area contributed by atoms with Crippen molar-refractivity contribution >= 4 is 0 Å². The first-order valence-electron chi connectivity index (χ1n) is 5.90. The van der Waals surface area contributed by atoms with Crippen molar-refractivity contribution in [3.63, 3.8) is 0 Å². The van der Waals surface area contributed by atoms with E-state index in [2.05, 4.69) is 43.2 Å². The number of nitrogens with zero attached hydrogens (tertiary/aromatic N) is 1. The van der Waals surface area contributed by atoms with Crippen LogP contribution >= 0.6 is 0 Å². The standard InChI is InChI=1S/C14H18N2O/c1-10(2)15-9-14-16-8-13(17-14)12-6-4-5-11(3)7-12/h4-8,10,15H,9H2,1-3H3. The Morgan fingerprint density at radius 2 is 2.18 bits per heavy atom. The van der Waals surface area contributed by atoms with E-state index in [9.17, 15) is 0 Å². The molecule has 3 nitrogen and oxygen atoms in total. The zero-order valence-electron chi connectivity index (χ0n) is 10.5. The molecule has 0 amide bonds. The van der Waals surface area contributed by atoms with E-state index in [-0.39, 0.29) is 0 Å². The highest BCUT2D eigenvalue weighted by Gasteiger charge is 2.06. The quantitative estimate of drug-likeness (QED) is 0.876. The molecule has 0 saturated carbocycles. The predicted molar refractivity (Wildman–Crippen MR) is 68.7 cm³/mol. The fraction of sp³-hybridized carbons (Fsp3) is 0.357. The van der Waals surface area contributed by atoms with Gasteiger partial charge >= 0.3 is 0 Å². The molecule has 0 bridgehead atoms. The van der Waals surface area contributed by atoms with Gasteiger partial charge in [-0.3, -0.25) is 0 Å². The zero-order valence-corrected chi connectivity index (χ0v) is 10.5. The molecule has 1 aromatic carbocycles. The zero-order chi connectivity index (χ0) is 12.3. The first-order chi connectivity index (χ1) is 8.15. The Labute approximate surface area is 102 Å². The van der Waals surface area contributed by atoms with Gasteiger partial charge in [-0.2, -0.15) is 0 Å².